The quantitative estimate of drug-likeness (QED) is 0.597. The van der Waals surface area contributed by atoms with Crippen LogP contribution in [0.25, 0.3) is 0 Å². The first-order valence-corrected chi connectivity index (χ1v) is 8.00. The molecule has 2 fully saturated rings. The van der Waals surface area contributed by atoms with E-state index in [-0.39, 0.29) is 5.97 Å². The van der Waals surface area contributed by atoms with E-state index in [1.54, 1.807) is 12.1 Å². The molecule has 2 aliphatic rings. The molecule has 0 atom stereocenters. The summed E-state index contributed by atoms with van der Waals surface area (Å²) in [7, 11) is 0. The number of para-hydroxylation sites is 1. The number of esters is 1. The van der Waals surface area contributed by atoms with Gasteiger partial charge in [-0.25, -0.2) is 4.79 Å². The standard InChI is InChI=1S/C17H24N2O2/c1-2-21-17(20)13-4-3-5-15(18)16(13)19-10-14(11-6-7-11)12-8-9-12/h3-5,11-12,14,19H,2,6-10,18H2,1H3. The van der Waals surface area contributed by atoms with Crippen LogP contribution in [0.2, 0.25) is 0 Å². The topological polar surface area (TPSA) is 64.3 Å². The monoisotopic (exact) mass is 288 g/mol. The van der Waals surface area contributed by atoms with Crippen molar-refractivity contribution < 1.29 is 9.53 Å². The third kappa shape index (κ3) is 3.31. The Kier molecular flexibility index (Phi) is 4.04. The van der Waals surface area contributed by atoms with Gasteiger partial charge >= 0.3 is 5.97 Å². The van der Waals surface area contributed by atoms with Crippen LogP contribution in [0.1, 0.15) is 43.0 Å². The van der Waals surface area contributed by atoms with Gasteiger partial charge in [-0.2, -0.15) is 0 Å². The minimum atomic E-state index is -0.304. The van der Waals surface area contributed by atoms with Crippen LogP contribution >= 0.6 is 0 Å². The number of hydrogen-bond donors (Lipinski definition) is 2. The third-order valence-electron chi connectivity index (χ3n) is 4.56. The van der Waals surface area contributed by atoms with Crippen LogP contribution in [0.15, 0.2) is 18.2 Å². The number of benzene rings is 1. The van der Waals surface area contributed by atoms with Crippen molar-refractivity contribution in [2.75, 3.05) is 24.2 Å². The van der Waals surface area contributed by atoms with Crippen LogP contribution in [0.4, 0.5) is 11.4 Å². The first-order valence-electron chi connectivity index (χ1n) is 8.00. The number of carbonyl (C=O) groups is 1. The molecule has 3 N–H and O–H groups in total. The number of nitrogen functional groups attached to an aromatic ring is 1. The average Bonchev–Trinajstić information content (AvgIpc) is 3.35. The lowest BCUT2D eigenvalue weighted by Crippen LogP contribution is -2.20. The largest absolute Gasteiger partial charge is 0.462 e. The van der Waals surface area contributed by atoms with E-state index in [0.29, 0.717) is 17.9 Å². The van der Waals surface area contributed by atoms with Crippen molar-refractivity contribution in [1.29, 1.82) is 0 Å². The van der Waals surface area contributed by atoms with Crippen molar-refractivity contribution in [2.45, 2.75) is 32.6 Å². The summed E-state index contributed by atoms with van der Waals surface area (Å²) in [4.78, 5) is 12.0. The van der Waals surface area contributed by atoms with Gasteiger partial charge < -0.3 is 15.8 Å². The minimum Gasteiger partial charge on any atom is -0.462 e. The molecule has 1 aromatic carbocycles. The van der Waals surface area contributed by atoms with Gasteiger partial charge in [0, 0.05) is 6.54 Å². The second-order valence-corrected chi connectivity index (χ2v) is 6.21. The molecule has 1 aromatic rings. The normalized spacial score (nSPS) is 17.8. The molecule has 4 heteroatoms. The van der Waals surface area contributed by atoms with Gasteiger partial charge in [0.25, 0.3) is 0 Å². The summed E-state index contributed by atoms with van der Waals surface area (Å²) in [6, 6.07) is 5.40. The summed E-state index contributed by atoms with van der Waals surface area (Å²) in [5.41, 5.74) is 7.95. The van der Waals surface area contributed by atoms with Crippen LogP contribution in [0.5, 0.6) is 0 Å². The molecule has 114 valence electrons. The lowest BCUT2D eigenvalue weighted by molar-refractivity contribution is 0.0527. The summed E-state index contributed by atoms with van der Waals surface area (Å²) in [6.07, 6.45) is 5.44. The number of carbonyl (C=O) groups excluding carboxylic acids is 1. The number of nitrogens with two attached hydrogens (primary N) is 1. The summed E-state index contributed by atoms with van der Waals surface area (Å²) in [5.74, 6) is 2.18. The first kappa shape index (κ1) is 14.2. The van der Waals surface area contributed by atoms with Gasteiger partial charge in [-0.15, -0.1) is 0 Å². The van der Waals surface area contributed by atoms with E-state index >= 15 is 0 Å². The Hall–Kier alpha value is -1.71. The van der Waals surface area contributed by atoms with Crippen molar-refractivity contribution in [1.82, 2.24) is 0 Å². The molecule has 4 nitrogen and oxygen atoms in total. The predicted octanol–water partition coefficient (Wildman–Crippen LogP) is 3.29. The molecule has 0 unspecified atom stereocenters. The van der Waals surface area contributed by atoms with Crippen LogP contribution in [0, 0.1) is 17.8 Å². The maximum Gasteiger partial charge on any atom is 0.340 e. The van der Waals surface area contributed by atoms with E-state index in [0.717, 1.165) is 30.0 Å². The first-order chi connectivity index (χ1) is 10.2. The number of nitrogens with one attached hydrogen (secondary N) is 1. The van der Waals surface area contributed by atoms with Crippen molar-refractivity contribution in [3.05, 3.63) is 23.8 Å². The number of rotatable bonds is 7. The Morgan fingerprint density at radius 1 is 1.33 bits per heavy atom. The van der Waals surface area contributed by atoms with Crippen molar-refractivity contribution in [3.63, 3.8) is 0 Å². The van der Waals surface area contributed by atoms with Crippen molar-refractivity contribution >= 4 is 17.3 Å². The molecule has 21 heavy (non-hydrogen) atoms. The fraction of sp³-hybridized carbons (Fsp3) is 0.588. The zero-order chi connectivity index (χ0) is 14.8. The highest BCUT2D eigenvalue weighted by atomic mass is 16.5. The molecule has 0 radical (unpaired) electrons. The number of hydrogen-bond acceptors (Lipinski definition) is 4. The van der Waals surface area contributed by atoms with Crippen LogP contribution in [-0.2, 0) is 4.74 Å². The minimum absolute atomic E-state index is 0.304. The molecule has 0 saturated heterocycles. The zero-order valence-corrected chi connectivity index (χ0v) is 12.6. The van der Waals surface area contributed by atoms with Crippen LogP contribution in [-0.4, -0.2) is 19.1 Å². The maximum atomic E-state index is 12.0. The van der Waals surface area contributed by atoms with E-state index < -0.39 is 0 Å². The molecule has 0 spiro atoms. The van der Waals surface area contributed by atoms with E-state index in [4.69, 9.17) is 10.5 Å². The van der Waals surface area contributed by atoms with Gasteiger partial charge in [0.1, 0.15) is 0 Å². The Morgan fingerprint density at radius 2 is 2.00 bits per heavy atom. The number of ether oxygens (including phenoxy) is 1. The Balaban J connectivity index is 1.72. The second-order valence-electron chi connectivity index (χ2n) is 6.21. The highest BCUT2D eigenvalue weighted by Gasteiger charge is 2.41. The summed E-state index contributed by atoms with van der Waals surface area (Å²) in [5, 5.41) is 3.44. The average molecular weight is 288 g/mol. The van der Waals surface area contributed by atoms with Crippen LogP contribution < -0.4 is 11.1 Å². The van der Waals surface area contributed by atoms with Gasteiger partial charge in [0.2, 0.25) is 0 Å². The maximum absolute atomic E-state index is 12.0. The molecule has 0 amide bonds. The molecule has 0 bridgehead atoms. The fourth-order valence-electron chi connectivity index (χ4n) is 3.13. The predicted molar refractivity (Wildman–Crippen MR) is 84.2 cm³/mol. The summed E-state index contributed by atoms with van der Waals surface area (Å²) < 4.78 is 5.12. The molecular formula is C17H24N2O2. The van der Waals surface area contributed by atoms with Crippen molar-refractivity contribution in [2.24, 2.45) is 17.8 Å². The Morgan fingerprint density at radius 3 is 2.57 bits per heavy atom. The van der Waals surface area contributed by atoms with E-state index in [1.807, 2.05) is 13.0 Å². The molecule has 3 rings (SSSR count). The lowest BCUT2D eigenvalue weighted by atomic mass is 9.97. The van der Waals surface area contributed by atoms with Gasteiger partial charge in [0.05, 0.1) is 23.5 Å². The van der Waals surface area contributed by atoms with Gasteiger partial charge in [0.15, 0.2) is 0 Å². The zero-order valence-electron chi connectivity index (χ0n) is 12.6. The smallest absolute Gasteiger partial charge is 0.340 e. The van der Waals surface area contributed by atoms with E-state index in [9.17, 15) is 4.79 Å². The molecule has 2 saturated carbocycles. The summed E-state index contributed by atoms with van der Waals surface area (Å²) in [6.45, 7) is 3.10. The highest BCUT2D eigenvalue weighted by molar-refractivity contribution is 5.98. The molecular weight excluding hydrogens is 264 g/mol. The van der Waals surface area contributed by atoms with Gasteiger partial charge in [-0.05, 0) is 62.5 Å². The second kappa shape index (κ2) is 5.96. The highest BCUT2D eigenvalue weighted by Crippen LogP contribution is 2.49. The molecule has 0 aliphatic heterocycles. The van der Waals surface area contributed by atoms with Gasteiger partial charge in [-0.3, -0.25) is 0 Å². The number of anilines is 2. The lowest BCUT2D eigenvalue weighted by Gasteiger charge is -2.19. The van der Waals surface area contributed by atoms with E-state index in [1.165, 1.54) is 25.7 Å². The molecule has 0 aromatic heterocycles. The van der Waals surface area contributed by atoms with E-state index in [2.05, 4.69) is 5.32 Å². The van der Waals surface area contributed by atoms with Gasteiger partial charge in [-0.1, -0.05) is 6.07 Å². The summed E-state index contributed by atoms with van der Waals surface area (Å²) >= 11 is 0. The van der Waals surface area contributed by atoms with Crippen LogP contribution in [0.3, 0.4) is 0 Å². The SMILES string of the molecule is CCOC(=O)c1cccc(N)c1NCC(C1CC1)C1CC1. The molecule has 2 aliphatic carbocycles. The Labute approximate surface area is 126 Å². The third-order valence-corrected chi connectivity index (χ3v) is 4.56. The molecule has 0 heterocycles. The van der Waals surface area contributed by atoms with Crippen molar-refractivity contribution in [3.8, 4) is 0 Å². The Bertz CT molecular complexity index is 510. The fourth-order valence-corrected chi connectivity index (χ4v) is 3.13.